The van der Waals surface area contributed by atoms with Gasteiger partial charge in [0.05, 0.1) is 6.61 Å². The van der Waals surface area contributed by atoms with E-state index in [9.17, 15) is 4.57 Å². The first kappa shape index (κ1) is 16.7. The zero-order valence-electron chi connectivity index (χ0n) is 11.3. The monoisotopic (exact) mass is 316 g/mol. The van der Waals surface area contributed by atoms with Crippen molar-refractivity contribution in [3.05, 3.63) is 0 Å². The molecule has 0 radical (unpaired) electrons. The molecule has 1 saturated heterocycles. The number of nitrogens with zero attached hydrogens (tertiary/aromatic N) is 1. The van der Waals surface area contributed by atoms with Crippen LogP contribution in [0.15, 0.2) is 0 Å². The molecule has 0 saturated carbocycles. The van der Waals surface area contributed by atoms with E-state index < -0.39 is 7.67 Å². The van der Waals surface area contributed by atoms with Crippen LogP contribution in [0.2, 0.25) is 0 Å². The van der Waals surface area contributed by atoms with Crippen molar-refractivity contribution in [2.45, 2.75) is 33.2 Å². The topological polar surface area (TPSA) is 41.6 Å². The van der Waals surface area contributed by atoms with Crippen LogP contribution in [-0.4, -0.2) is 42.2 Å². The van der Waals surface area contributed by atoms with Gasteiger partial charge in [0.2, 0.25) is 0 Å². The van der Waals surface area contributed by atoms with Gasteiger partial charge in [0.15, 0.2) is 0 Å². The maximum Gasteiger partial charge on any atom is 0.343 e. The van der Waals surface area contributed by atoms with E-state index in [1.54, 1.807) is 4.67 Å². The minimum Gasteiger partial charge on any atom is -0.306 e. The van der Waals surface area contributed by atoms with Crippen LogP contribution in [0.3, 0.4) is 0 Å². The van der Waals surface area contributed by atoms with E-state index in [1.807, 2.05) is 0 Å². The van der Waals surface area contributed by atoms with Crippen LogP contribution >= 0.6 is 30.9 Å². The third-order valence-corrected chi connectivity index (χ3v) is 5.75. The van der Waals surface area contributed by atoms with Crippen LogP contribution in [0, 0.1) is 5.41 Å². The molecular weight excluding hydrogens is 294 g/mol. The molecule has 0 aromatic carbocycles. The molecule has 0 aliphatic carbocycles. The second kappa shape index (κ2) is 6.92. The molecule has 0 bridgehead atoms. The van der Waals surface area contributed by atoms with Crippen molar-refractivity contribution in [3.63, 3.8) is 0 Å². The van der Waals surface area contributed by atoms with E-state index in [0.29, 0.717) is 31.5 Å². The highest BCUT2D eigenvalue weighted by atomic mass is 35.5. The fourth-order valence-electron chi connectivity index (χ4n) is 1.95. The van der Waals surface area contributed by atoms with Gasteiger partial charge in [-0.3, -0.25) is 4.57 Å². The molecule has 1 aliphatic rings. The third kappa shape index (κ3) is 4.36. The molecule has 0 aromatic heterocycles. The van der Waals surface area contributed by atoms with Crippen molar-refractivity contribution >= 4 is 30.9 Å². The zero-order chi connectivity index (χ0) is 13.8. The number of alkyl halides is 2. The first-order valence-electron chi connectivity index (χ1n) is 6.23. The summed E-state index contributed by atoms with van der Waals surface area (Å²) in [7, 11) is -2.99. The average molecular weight is 317 g/mol. The molecule has 1 rings (SSSR count). The van der Waals surface area contributed by atoms with E-state index in [2.05, 4.69) is 25.9 Å². The molecule has 108 valence electrons. The van der Waals surface area contributed by atoms with Gasteiger partial charge in [-0.05, 0) is 11.8 Å². The van der Waals surface area contributed by atoms with E-state index in [-0.39, 0.29) is 11.5 Å². The fourth-order valence-corrected chi connectivity index (χ4v) is 4.99. The Labute approximate surface area is 120 Å². The Morgan fingerprint density at radius 2 is 1.89 bits per heavy atom. The fraction of sp³-hybridized carbons (Fsp3) is 1.00. The van der Waals surface area contributed by atoms with Crippen molar-refractivity contribution in [2.75, 3.05) is 31.5 Å². The van der Waals surface area contributed by atoms with Crippen molar-refractivity contribution in [2.24, 2.45) is 5.41 Å². The van der Waals surface area contributed by atoms with Crippen LogP contribution < -0.4 is 5.09 Å². The number of rotatable bonds is 5. The lowest BCUT2D eigenvalue weighted by Gasteiger charge is -2.41. The highest BCUT2D eigenvalue weighted by molar-refractivity contribution is 7.54. The lowest BCUT2D eigenvalue weighted by Crippen LogP contribution is -2.47. The highest BCUT2D eigenvalue weighted by Crippen LogP contribution is 2.51. The number of hydrogen-bond donors (Lipinski definition) is 1. The summed E-state index contributed by atoms with van der Waals surface area (Å²) in [6.45, 7) is 7.92. The van der Waals surface area contributed by atoms with E-state index >= 15 is 0 Å². The van der Waals surface area contributed by atoms with Gasteiger partial charge in [-0.25, -0.2) is 9.76 Å². The Morgan fingerprint density at radius 3 is 2.33 bits per heavy atom. The molecule has 7 heteroatoms. The molecular formula is C11H23Cl2N2O2P. The quantitative estimate of drug-likeness (QED) is 0.624. The molecule has 1 N–H and O–H groups in total. The van der Waals surface area contributed by atoms with Crippen LogP contribution in [0.4, 0.5) is 0 Å². The minimum atomic E-state index is -2.99. The van der Waals surface area contributed by atoms with E-state index in [0.717, 1.165) is 6.42 Å². The predicted octanol–water partition coefficient (Wildman–Crippen LogP) is 3.30. The molecule has 2 unspecified atom stereocenters. The summed E-state index contributed by atoms with van der Waals surface area (Å²) in [6.07, 6.45) is 0.864. The lowest BCUT2D eigenvalue weighted by atomic mass is 9.86. The van der Waals surface area contributed by atoms with Gasteiger partial charge in [0.1, 0.15) is 0 Å². The van der Waals surface area contributed by atoms with Gasteiger partial charge >= 0.3 is 7.67 Å². The van der Waals surface area contributed by atoms with Crippen LogP contribution in [-0.2, 0) is 9.09 Å². The number of nitrogens with one attached hydrogen (secondary N) is 1. The second-order valence-electron chi connectivity index (χ2n) is 5.52. The van der Waals surface area contributed by atoms with Crippen molar-refractivity contribution < 1.29 is 9.09 Å². The molecule has 0 amide bonds. The first-order chi connectivity index (χ1) is 8.33. The molecule has 1 aliphatic heterocycles. The summed E-state index contributed by atoms with van der Waals surface area (Å²) in [6, 6.07) is 0.172. The van der Waals surface area contributed by atoms with Crippen molar-refractivity contribution in [3.8, 4) is 0 Å². The maximum atomic E-state index is 12.8. The standard InChI is InChI=1S/C11H23Cl2N2O2P/c1-11(2,3)10-4-9-17-18(16,14-10)15(7-5-12)8-6-13/h10H,4-9H2,1-3H3,(H,14,16). The van der Waals surface area contributed by atoms with Gasteiger partial charge in [0.25, 0.3) is 0 Å². The predicted molar refractivity (Wildman–Crippen MR) is 77.6 cm³/mol. The third-order valence-electron chi connectivity index (χ3n) is 3.09. The smallest absolute Gasteiger partial charge is 0.306 e. The highest BCUT2D eigenvalue weighted by Gasteiger charge is 2.40. The maximum absolute atomic E-state index is 12.8. The Bertz CT molecular complexity index is 304. The van der Waals surface area contributed by atoms with Crippen LogP contribution in [0.1, 0.15) is 27.2 Å². The summed E-state index contributed by atoms with van der Waals surface area (Å²) < 4.78 is 20.1. The SMILES string of the molecule is CC(C)(C)C1CCOP(=O)(N(CCCl)CCCl)N1. The number of hydrogen-bond acceptors (Lipinski definition) is 2. The zero-order valence-corrected chi connectivity index (χ0v) is 13.7. The Kier molecular flexibility index (Phi) is 6.43. The second-order valence-corrected chi connectivity index (χ2v) is 8.40. The molecule has 18 heavy (non-hydrogen) atoms. The average Bonchev–Trinajstić information content (AvgIpc) is 2.28. The van der Waals surface area contributed by atoms with Crippen molar-refractivity contribution in [1.82, 2.24) is 9.76 Å². The van der Waals surface area contributed by atoms with Crippen molar-refractivity contribution in [1.29, 1.82) is 0 Å². The van der Waals surface area contributed by atoms with Gasteiger partial charge in [-0.1, -0.05) is 20.8 Å². The van der Waals surface area contributed by atoms with Crippen LogP contribution in [0.25, 0.3) is 0 Å². The molecule has 1 heterocycles. The summed E-state index contributed by atoms with van der Waals surface area (Å²) in [5, 5.41) is 3.18. The Morgan fingerprint density at radius 1 is 1.33 bits per heavy atom. The van der Waals surface area contributed by atoms with E-state index in [4.69, 9.17) is 27.7 Å². The van der Waals surface area contributed by atoms with E-state index in [1.165, 1.54) is 0 Å². The minimum absolute atomic E-state index is 0.0487. The molecule has 4 nitrogen and oxygen atoms in total. The van der Waals surface area contributed by atoms with Gasteiger partial charge in [-0.2, -0.15) is 0 Å². The molecule has 1 fully saturated rings. The Balaban J connectivity index is 2.80. The van der Waals surface area contributed by atoms with Crippen LogP contribution in [0.5, 0.6) is 0 Å². The molecule has 0 spiro atoms. The summed E-state index contributed by atoms with van der Waals surface area (Å²) in [5.74, 6) is 0.818. The van der Waals surface area contributed by atoms with Gasteiger partial charge in [0, 0.05) is 30.9 Å². The summed E-state index contributed by atoms with van der Waals surface area (Å²) in [4.78, 5) is 0. The molecule has 0 aromatic rings. The normalized spacial score (nSPS) is 29.8. The molecule has 2 atom stereocenters. The number of halogens is 2. The van der Waals surface area contributed by atoms with Gasteiger partial charge in [-0.15, -0.1) is 23.2 Å². The lowest BCUT2D eigenvalue weighted by molar-refractivity contribution is 0.162. The first-order valence-corrected chi connectivity index (χ1v) is 8.88. The van der Waals surface area contributed by atoms with Gasteiger partial charge < -0.3 is 4.52 Å². The summed E-state index contributed by atoms with van der Waals surface area (Å²) >= 11 is 11.5. The Hall–Kier alpha value is 0.690. The summed E-state index contributed by atoms with van der Waals surface area (Å²) in [5.41, 5.74) is 0.0487. The largest absolute Gasteiger partial charge is 0.343 e.